The Bertz CT molecular complexity index is 3320. The van der Waals surface area contributed by atoms with Crippen LogP contribution in [0.2, 0.25) is 0 Å². The van der Waals surface area contributed by atoms with Crippen molar-refractivity contribution in [3.63, 3.8) is 0 Å². The van der Waals surface area contributed by atoms with E-state index in [0.717, 1.165) is 62.6 Å². The van der Waals surface area contributed by atoms with Gasteiger partial charge in [-0.25, -0.2) is 23.2 Å². The highest BCUT2D eigenvalue weighted by Crippen LogP contribution is 2.58. The predicted octanol–water partition coefficient (Wildman–Crippen LogP) is 6.86. The first kappa shape index (κ1) is 51.9. The minimum atomic E-state index is -4.44. The molecular weight excluding hydrogens is 991 g/mol. The summed E-state index contributed by atoms with van der Waals surface area (Å²) in [6.45, 7) is 1.20. The van der Waals surface area contributed by atoms with Gasteiger partial charge in [0.15, 0.2) is 11.4 Å². The average Bonchev–Trinajstić information content (AvgIpc) is 3.64. The van der Waals surface area contributed by atoms with Gasteiger partial charge in [0.25, 0.3) is 33.3 Å². The molecule has 3 N–H and O–H groups in total. The van der Waals surface area contributed by atoms with E-state index in [0.29, 0.717) is 22.8 Å². The molecule has 4 amide bonds. The molecule has 2 heterocycles. The summed E-state index contributed by atoms with van der Waals surface area (Å²) in [6, 6.07) is 14.2. The number of ketones is 1. The molecule has 0 bridgehead atoms. The molecule has 0 saturated heterocycles. The van der Waals surface area contributed by atoms with E-state index >= 15 is 8.78 Å². The maximum atomic E-state index is 16.6. The lowest BCUT2D eigenvalue weighted by atomic mass is 9.76. The smallest absolute Gasteiger partial charge is 0.414 e. The van der Waals surface area contributed by atoms with Crippen LogP contribution in [0.4, 0.5) is 41.1 Å². The monoisotopic (exact) mass is 1030 g/mol. The van der Waals surface area contributed by atoms with Crippen LogP contribution in [0.3, 0.4) is 0 Å². The number of halogens is 2. The molecule has 73 heavy (non-hydrogen) atoms. The first-order chi connectivity index (χ1) is 34.5. The predicted molar refractivity (Wildman–Crippen MR) is 249 cm³/mol. The summed E-state index contributed by atoms with van der Waals surface area (Å²) in [5.41, 5.74) is -5.96. The second kappa shape index (κ2) is 20.4. The first-order valence-corrected chi connectivity index (χ1v) is 23.2. The summed E-state index contributed by atoms with van der Waals surface area (Å²) < 4.78 is 87.1. The molecule has 1 atom stereocenters. The fraction of sp³-hybridized carbons (Fsp3) is 0.234. The summed E-state index contributed by atoms with van der Waals surface area (Å²) in [6.07, 6.45) is -1.95. The van der Waals surface area contributed by atoms with Gasteiger partial charge in [-0.3, -0.25) is 49.0 Å². The lowest BCUT2D eigenvalue weighted by Gasteiger charge is -2.37. The van der Waals surface area contributed by atoms with Crippen molar-refractivity contribution in [2.24, 2.45) is 0 Å². The van der Waals surface area contributed by atoms with Crippen LogP contribution in [0.1, 0.15) is 89.5 Å². The number of rotatable bonds is 16. The third-order valence-corrected chi connectivity index (χ3v) is 12.3. The number of ether oxygens (including phenoxy) is 4. The molecule has 0 saturated carbocycles. The highest BCUT2D eigenvalue weighted by Gasteiger charge is 2.55. The van der Waals surface area contributed by atoms with Crippen molar-refractivity contribution in [1.29, 1.82) is 0 Å². The SMILES string of the molecule is CCCNC(=O)c1ccc([N+](=O)[O-])c(COC(=O)N(C)c2cc3c(cc2F)C2(OC(=O)c4c(C(C)=O)cccc42)c2cc(F)c(N(C)C(=O)OCc4cc(C(=O)NCCS(=O)(=O)O)ccc4[N+](=O)[O-])cc2O3)c1. The maximum Gasteiger partial charge on any atom is 0.414 e. The van der Waals surface area contributed by atoms with Crippen LogP contribution in [0, 0.1) is 31.9 Å². The number of carbonyl (C=O) groups excluding carboxylic acids is 6. The molecule has 7 rings (SSSR count). The quantitative estimate of drug-likeness (QED) is 0.0227. The highest BCUT2D eigenvalue weighted by molar-refractivity contribution is 7.85. The number of Topliss-reactive ketones (excluding diaryl/α,β-unsaturated/α-hetero) is 1. The zero-order chi connectivity index (χ0) is 53.3. The van der Waals surface area contributed by atoms with Gasteiger partial charge in [-0.1, -0.05) is 25.1 Å². The van der Waals surface area contributed by atoms with Crippen molar-refractivity contribution in [2.45, 2.75) is 39.1 Å². The van der Waals surface area contributed by atoms with Crippen molar-refractivity contribution < 1.29 is 79.3 Å². The van der Waals surface area contributed by atoms with Gasteiger partial charge < -0.3 is 29.6 Å². The van der Waals surface area contributed by atoms with Crippen molar-refractivity contribution in [1.82, 2.24) is 10.6 Å². The number of carbonyl (C=O) groups is 6. The fourth-order valence-corrected chi connectivity index (χ4v) is 8.39. The Labute approximate surface area is 411 Å². The van der Waals surface area contributed by atoms with Crippen LogP contribution >= 0.6 is 0 Å². The molecule has 2 aliphatic rings. The Morgan fingerprint density at radius 1 is 0.740 bits per heavy atom. The van der Waals surface area contributed by atoms with Gasteiger partial charge in [-0.05, 0) is 49.7 Å². The number of esters is 1. The molecule has 2 aliphatic heterocycles. The van der Waals surface area contributed by atoms with Crippen LogP contribution in [0.5, 0.6) is 11.5 Å². The Morgan fingerprint density at radius 2 is 1.22 bits per heavy atom. The number of fused-ring (bicyclic) bond motifs is 6. The number of nitrogens with one attached hydrogen (secondary N) is 2. The molecule has 1 spiro atoms. The number of anilines is 2. The Morgan fingerprint density at radius 3 is 1.66 bits per heavy atom. The van der Waals surface area contributed by atoms with Crippen molar-refractivity contribution in [2.75, 3.05) is 42.7 Å². The van der Waals surface area contributed by atoms with E-state index < -0.39 is 121 Å². The minimum absolute atomic E-state index is 0.0394. The van der Waals surface area contributed by atoms with E-state index in [4.69, 9.17) is 23.5 Å². The Hall–Kier alpha value is -8.91. The second-order valence-electron chi connectivity index (χ2n) is 16.3. The Kier molecular flexibility index (Phi) is 14.5. The second-order valence-corrected chi connectivity index (χ2v) is 17.9. The molecule has 1 unspecified atom stereocenters. The van der Waals surface area contributed by atoms with Gasteiger partial charge in [0.05, 0.1) is 54.8 Å². The standard InChI is InChI=1S/C47H40F2N6O17S/c1-5-13-50-42(57)25-9-11-35(54(62)63)27(16-25)22-69-45(60)52(3)37-20-39-31(18-33(37)48)47(30-8-6-7-29(24(2)56)41(30)44(59)72-47)32-19-34(49)38(21-40(32)71-39)53(4)46(61)70-23-28-17-26(10-12-36(28)55(64)65)43(58)51-14-15-73(66,67)68/h6-12,16-21H,5,13-15,22-23H2,1-4H3,(H,50,57)(H,51,58)(H,66,67,68). The molecule has 380 valence electrons. The fourth-order valence-electron chi connectivity index (χ4n) is 8.03. The van der Waals surface area contributed by atoms with Crippen molar-refractivity contribution in [3.05, 3.63) is 161 Å². The lowest BCUT2D eigenvalue weighted by molar-refractivity contribution is -0.386. The molecule has 0 aromatic heterocycles. The van der Waals surface area contributed by atoms with E-state index in [1.165, 1.54) is 37.3 Å². The molecule has 5 aromatic rings. The van der Waals surface area contributed by atoms with Gasteiger partial charge in [0.1, 0.15) is 36.3 Å². The van der Waals surface area contributed by atoms with E-state index in [1.807, 2.05) is 6.92 Å². The molecule has 23 nitrogen and oxygen atoms in total. The van der Waals surface area contributed by atoms with Gasteiger partial charge in [-0.15, -0.1) is 0 Å². The number of benzene rings is 5. The van der Waals surface area contributed by atoms with E-state index in [-0.39, 0.29) is 61.6 Å². The minimum Gasteiger partial charge on any atom is -0.456 e. The van der Waals surface area contributed by atoms with E-state index in [9.17, 15) is 57.4 Å². The molecule has 0 aliphatic carbocycles. The van der Waals surface area contributed by atoms with Gasteiger partial charge >= 0.3 is 18.2 Å². The average molecular weight is 1030 g/mol. The van der Waals surface area contributed by atoms with E-state index in [1.54, 1.807) is 0 Å². The number of amides is 4. The zero-order valence-electron chi connectivity index (χ0n) is 38.7. The van der Waals surface area contributed by atoms with Crippen LogP contribution in [0.15, 0.2) is 78.9 Å². The van der Waals surface area contributed by atoms with Crippen molar-refractivity contribution >= 4 is 68.6 Å². The molecule has 26 heteroatoms. The van der Waals surface area contributed by atoms with Crippen LogP contribution in [-0.2, 0) is 43.1 Å². The van der Waals surface area contributed by atoms with Gasteiger partial charge in [0, 0.05) is 73.7 Å². The number of nitrogens with zero attached hydrogens (tertiary/aromatic N) is 4. The van der Waals surface area contributed by atoms with Crippen LogP contribution < -0.4 is 25.2 Å². The summed E-state index contributed by atoms with van der Waals surface area (Å²) in [5, 5.41) is 28.6. The van der Waals surface area contributed by atoms with Gasteiger partial charge in [0.2, 0.25) is 0 Å². The lowest BCUT2D eigenvalue weighted by Crippen LogP contribution is -2.35. The highest BCUT2D eigenvalue weighted by atomic mass is 32.2. The largest absolute Gasteiger partial charge is 0.456 e. The van der Waals surface area contributed by atoms with Crippen molar-refractivity contribution in [3.8, 4) is 11.5 Å². The summed E-state index contributed by atoms with van der Waals surface area (Å²) in [7, 11) is -2.29. The summed E-state index contributed by atoms with van der Waals surface area (Å²) >= 11 is 0. The molecular formula is C47H40F2N6O17S. The number of nitro groups is 2. The zero-order valence-corrected chi connectivity index (χ0v) is 39.5. The molecule has 5 aromatic carbocycles. The van der Waals surface area contributed by atoms with Crippen LogP contribution in [-0.4, -0.2) is 91.5 Å². The first-order valence-electron chi connectivity index (χ1n) is 21.6. The molecule has 0 fully saturated rings. The molecule has 0 radical (unpaired) electrons. The summed E-state index contributed by atoms with van der Waals surface area (Å²) in [5.74, 6) is -6.85. The number of hydrogen-bond donors (Lipinski definition) is 3. The summed E-state index contributed by atoms with van der Waals surface area (Å²) in [4.78, 5) is 102. The van der Waals surface area contributed by atoms with E-state index in [2.05, 4.69) is 10.6 Å². The third kappa shape index (κ3) is 10.3. The Balaban J connectivity index is 1.22. The number of hydrogen-bond acceptors (Lipinski definition) is 16. The number of nitro benzene ring substituents is 2. The van der Waals surface area contributed by atoms with Crippen LogP contribution in [0.25, 0.3) is 0 Å². The normalized spacial score (nSPS) is 14.1. The topological polar surface area (TPSA) is 311 Å². The van der Waals surface area contributed by atoms with Gasteiger partial charge in [-0.2, -0.15) is 8.42 Å². The maximum absolute atomic E-state index is 16.6. The third-order valence-electron chi connectivity index (χ3n) is 11.6.